The molecule has 0 bridgehead atoms. The lowest BCUT2D eigenvalue weighted by Crippen LogP contribution is -2.45. The van der Waals surface area contributed by atoms with Crippen molar-refractivity contribution in [1.82, 2.24) is 20.4 Å². The Balaban J connectivity index is 1.81. The molecule has 2 aromatic heterocycles. The predicted octanol–water partition coefficient (Wildman–Crippen LogP) is 3.15. The molecule has 114 valence electrons. The Morgan fingerprint density at radius 3 is 2.95 bits per heavy atom. The van der Waals surface area contributed by atoms with Crippen LogP contribution in [0.5, 0.6) is 0 Å². The van der Waals surface area contributed by atoms with Crippen molar-refractivity contribution in [2.24, 2.45) is 0 Å². The minimum absolute atomic E-state index is 0.271. The van der Waals surface area contributed by atoms with E-state index in [0.29, 0.717) is 5.89 Å². The number of nitrogens with one attached hydrogen (secondary N) is 1. The number of hydrogen-bond acceptors (Lipinski definition) is 6. The van der Waals surface area contributed by atoms with Gasteiger partial charge in [0, 0.05) is 31.6 Å². The maximum atomic E-state index is 5.48. The van der Waals surface area contributed by atoms with E-state index in [4.69, 9.17) is 4.52 Å². The molecule has 0 saturated carbocycles. The van der Waals surface area contributed by atoms with Gasteiger partial charge in [-0.3, -0.25) is 4.90 Å². The van der Waals surface area contributed by atoms with E-state index in [-0.39, 0.29) is 6.04 Å². The first-order chi connectivity index (χ1) is 10.3. The van der Waals surface area contributed by atoms with Crippen LogP contribution >= 0.6 is 33.9 Å². The molecule has 21 heavy (non-hydrogen) atoms. The Bertz CT molecular complexity index is 579. The predicted molar refractivity (Wildman–Crippen MR) is 92.4 cm³/mol. The zero-order chi connectivity index (χ0) is 14.7. The normalized spacial score (nSPS) is 18.0. The van der Waals surface area contributed by atoms with E-state index < -0.39 is 0 Å². The zero-order valence-corrected chi connectivity index (χ0v) is 15.0. The van der Waals surface area contributed by atoms with Gasteiger partial charge in [-0.05, 0) is 35.1 Å². The summed E-state index contributed by atoms with van der Waals surface area (Å²) in [4.78, 5) is 7.12. The number of aromatic nitrogens is 2. The van der Waals surface area contributed by atoms with Gasteiger partial charge in [0.25, 0.3) is 5.89 Å². The first-order valence-corrected chi connectivity index (χ1v) is 9.26. The highest BCUT2D eigenvalue weighted by Gasteiger charge is 2.26. The summed E-state index contributed by atoms with van der Waals surface area (Å²) in [6.45, 7) is 6.37. The van der Waals surface area contributed by atoms with Crippen molar-refractivity contribution in [3.63, 3.8) is 0 Å². The summed E-state index contributed by atoms with van der Waals surface area (Å²) in [7, 11) is 0. The minimum Gasteiger partial charge on any atom is -0.334 e. The standard InChI is InChI=1S/C14H19IN4OS/c1-2-3-11(19-6-4-16-5-7-19)13-17-14(20-18-13)10-8-12(15)21-9-10/h8-9,11,16H,2-7H2,1H3. The second-order valence-corrected chi connectivity index (χ2v) is 7.99. The second kappa shape index (κ2) is 7.17. The van der Waals surface area contributed by atoms with Crippen LogP contribution in [0.2, 0.25) is 0 Å². The summed E-state index contributed by atoms with van der Waals surface area (Å²) in [5.41, 5.74) is 1.03. The van der Waals surface area contributed by atoms with Gasteiger partial charge in [0.2, 0.25) is 0 Å². The van der Waals surface area contributed by atoms with Gasteiger partial charge in [0.05, 0.1) is 14.5 Å². The highest BCUT2D eigenvalue weighted by Crippen LogP contribution is 2.29. The molecule has 1 aliphatic rings. The van der Waals surface area contributed by atoms with Crippen LogP contribution < -0.4 is 5.32 Å². The van der Waals surface area contributed by atoms with Crippen molar-refractivity contribution in [2.75, 3.05) is 26.2 Å². The highest BCUT2D eigenvalue weighted by molar-refractivity contribution is 14.1. The average molecular weight is 418 g/mol. The largest absolute Gasteiger partial charge is 0.334 e. The van der Waals surface area contributed by atoms with Gasteiger partial charge in [-0.1, -0.05) is 18.5 Å². The molecule has 0 radical (unpaired) electrons. The molecule has 1 saturated heterocycles. The van der Waals surface area contributed by atoms with E-state index in [1.165, 1.54) is 2.88 Å². The number of thiophene rings is 1. The molecule has 5 nitrogen and oxygen atoms in total. The van der Waals surface area contributed by atoms with Crippen molar-refractivity contribution in [1.29, 1.82) is 0 Å². The lowest BCUT2D eigenvalue weighted by Gasteiger charge is -2.33. The smallest absolute Gasteiger partial charge is 0.258 e. The number of rotatable bonds is 5. The lowest BCUT2D eigenvalue weighted by molar-refractivity contribution is 0.155. The van der Waals surface area contributed by atoms with Crippen LogP contribution in [0.3, 0.4) is 0 Å². The average Bonchev–Trinajstić information content (AvgIpc) is 3.14. The Labute approximate surface area is 142 Å². The molecule has 1 fully saturated rings. The van der Waals surface area contributed by atoms with Gasteiger partial charge in [-0.15, -0.1) is 11.3 Å². The van der Waals surface area contributed by atoms with Crippen LogP contribution in [0.1, 0.15) is 31.6 Å². The molecule has 2 aromatic rings. The molecule has 0 aromatic carbocycles. The molecule has 1 aliphatic heterocycles. The van der Waals surface area contributed by atoms with Crippen LogP contribution in [0.4, 0.5) is 0 Å². The summed E-state index contributed by atoms with van der Waals surface area (Å²) in [6, 6.07) is 2.36. The van der Waals surface area contributed by atoms with Gasteiger partial charge < -0.3 is 9.84 Å². The van der Waals surface area contributed by atoms with Crippen molar-refractivity contribution in [3.8, 4) is 11.5 Å². The molecule has 1 unspecified atom stereocenters. The fraction of sp³-hybridized carbons (Fsp3) is 0.571. The summed E-state index contributed by atoms with van der Waals surface area (Å²) in [6.07, 6.45) is 2.19. The Hall–Kier alpha value is -0.510. The molecule has 3 heterocycles. The maximum Gasteiger partial charge on any atom is 0.258 e. The van der Waals surface area contributed by atoms with Gasteiger partial charge in [-0.2, -0.15) is 4.98 Å². The topological polar surface area (TPSA) is 54.2 Å². The number of hydrogen-bond donors (Lipinski definition) is 1. The Morgan fingerprint density at radius 2 is 2.29 bits per heavy atom. The molecular formula is C14H19IN4OS. The van der Waals surface area contributed by atoms with Crippen LogP contribution in [0.25, 0.3) is 11.5 Å². The first kappa shape index (κ1) is 15.4. The van der Waals surface area contributed by atoms with Crippen LogP contribution in [-0.4, -0.2) is 41.2 Å². The SMILES string of the molecule is CCCC(c1noc(-c2csc(I)c2)n1)N1CCNCC1. The number of halogens is 1. The highest BCUT2D eigenvalue weighted by atomic mass is 127. The van der Waals surface area contributed by atoms with Crippen molar-refractivity contribution >= 4 is 33.9 Å². The fourth-order valence-electron chi connectivity index (χ4n) is 2.65. The molecule has 1 atom stereocenters. The first-order valence-electron chi connectivity index (χ1n) is 7.30. The quantitative estimate of drug-likeness (QED) is 0.757. The number of piperazine rings is 1. The second-order valence-electron chi connectivity index (χ2n) is 5.19. The van der Waals surface area contributed by atoms with E-state index >= 15 is 0 Å². The molecule has 1 N–H and O–H groups in total. The van der Waals surface area contributed by atoms with E-state index in [9.17, 15) is 0 Å². The van der Waals surface area contributed by atoms with Crippen molar-refractivity contribution in [2.45, 2.75) is 25.8 Å². The van der Waals surface area contributed by atoms with Gasteiger partial charge in [-0.25, -0.2) is 0 Å². The molecule has 0 amide bonds. The minimum atomic E-state index is 0.271. The molecule has 3 rings (SSSR count). The number of nitrogens with zero attached hydrogens (tertiary/aromatic N) is 3. The third-order valence-electron chi connectivity index (χ3n) is 3.71. The maximum absolute atomic E-state index is 5.48. The van der Waals surface area contributed by atoms with Crippen molar-refractivity contribution < 1.29 is 4.52 Å². The summed E-state index contributed by atoms with van der Waals surface area (Å²) >= 11 is 4.01. The van der Waals surface area contributed by atoms with Crippen LogP contribution in [-0.2, 0) is 0 Å². The third kappa shape index (κ3) is 3.64. The van der Waals surface area contributed by atoms with Gasteiger partial charge in [0.1, 0.15) is 0 Å². The molecule has 0 aliphatic carbocycles. The van der Waals surface area contributed by atoms with E-state index in [1.807, 2.05) is 0 Å². The van der Waals surface area contributed by atoms with Gasteiger partial charge in [0.15, 0.2) is 5.82 Å². The van der Waals surface area contributed by atoms with Crippen LogP contribution in [0, 0.1) is 2.88 Å². The zero-order valence-electron chi connectivity index (χ0n) is 12.0. The lowest BCUT2D eigenvalue weighted by atomic mass is 10.1. The Morgan fingerprint density at radius 1 is 1.48 bits per heavy atom. The molecule has 7 heteroatoms. The van der Waals surface area contributed by atoms with E-state index in [0.717, 1.165) is 50.4 Å². The molecule has 0 spiro atoms. The van der Waals surface area contributed by atoms with Gasteiger partial charge >= 0.3 is 0 Å². The fourth-order valence-corrected chi connectivity index (χ4v) is 3.97. The Kier molecular flexibility index (Phi) is 5.25. The monoisotopic (exact) mass is 418 g/mol. The van der Waals surface area contributed by atoms with E-state index in [2.05, 4.69) is 61.3 Å². The van der Waals surface area contributed by atoms with Crippen molar-refractivity contribution in [3.05, 3.63) is 20.2 Å². The van der Waals surface area contributed by atoms with Crippen LogP contribution in [0.15, 0.2) is 16.0 Å². The summed E-state index contributed by atoms with van der Waals surface area (Å²) in [5, 5.41) is 9.71. The summed E-state index contributed by atoms with van der Waals surface area (Å²) in [5.74, 6) is 1.47. The van der Waals surface area contributed by atoms with E-state index in [1.54, 1.807) is 11.3 Å². The summed E-state index contributed by atoms with van der Waals surface area (Å²) < 4.78 is 6.71. The molecular weight excluding hydrogens is 399 g/mol. The third-order valence-corrected chi connectivity index (χ3v) is 5.50.